The van der Waals surface area contributed by atoms with E-state index in [0.717, 1.165) is 12.3 Å². The molecule has 0 aromatic heterocycles. The molecule has 1 unspecified atom stereocenters. The molecule has 0 radical (unpaired) electrons. The Bertz CT molecular complexity index is 371. The molecule has 106 valence electrons. The fourth-order valence-corrected chi connectivity index (χ4v) is 3.00. The first-order valence-corrected chi connectivity index (χ1v) is 7.85. The van der Waals surface area contributed by atoms with Crippen LogP contribution in [0.1, 0.15) is 57.6 Å². The van der Waals surface area contributed by atoms with Crippen molar-refractivity contribution in [2.24, 2.45) is 11.7 Å². The molecule has 0 aliphatic carbocycles. The first kappa shape index (κ1) is 14.4. The molecule has 0 bridgehead atoms. The van der Waals surface area contributed by atoms with Crippen LogP contribution in [0.3, 0.4) is 0 Å². The minimum atomic E-state index is 0.183. The van der Waals surface area contributed by atoms with Gasteiger partial charge in [-0.15, -0.1) is 0 Å². The second-order valence-corrected chi connectivity index (χ2v) is 5.80. The topological polar surface area (TPSA) is 29.3 Å². The lowest BCUT2D eigenvalue weighted by atomic mass is 9.98. The molecule has 0 saturated carbocycles. The monoisotopic (exact) mass is 260 g/mol. The van der Waals surface area contributed by atoms with Crippen molar-refractivity contribution in [3.8, 4) is 0 Å². The first-order valence-electron chi connectivity index (χ1n) is 7.85. The molecule has 1 aromatic carbocycles. The van der Waals surface area contributed by atoms with Crippen molar-refractivity contribution >= 4 is 5.69 Å². The van der Waals surface area contributed by atoms with Crippen LogP contribution in [0.15, 0.2) is 24.3 Å². The van der Waals surface area contributed by atoms with Gasteiger partial charge in [-0.05, 0) is 49.3 Å². The van der Waals surface area contributed by atoms with Crippen molar-refractivity contribution in [2.45, 2.75) is 52.0 Å². The normalized spacial score (nSPS) is 22.1. The zero-order valence-corrected chi connectivity index (χ0v) is 12.4. The van der Waals surface area contributed by atoms with E-state index >= 15 is 0 Å². The summed E-state index contributed by atoms with van der Waals surface area (Å²) in [5.41, 5.74) is 8.69. The van der Waals surface area contributed by atoms with Crippen LogP contribution in [0, 0.1) is 5.92 Å². The molecule has 0 spiro atoms. The van der Waals surface area contributed by atoms with Crippen LogP contribution in [0.2, 0.25) is 0 Å². The molecule has 2 heteroatoms. The van der Waals surface area contributed by atoms with Crippen LogP contribution in [0.25, 0.3) is 0 Å². The van der Waals surface area contributed by atoms with Crippen LogP contribution < -0.4 is 10.6 Å². The van der Waals surface area contributed by atoms with Gasteiger partial charge in [0, 0.05) is 24.8 Å². The van der Waals surface area contributed by atoms with E-state index in [0.29, 0.717) is 0 Å². The Balaban J connectivity index is 2.01. The summed E-state index contributed by atoms with van der Waals surface area (Å²) < 4.78 is 0. The maximum atomic E-state index is 6.07. The SMILES string of the molecule is CCC1CCCN(c2ccc([C@@H](N)CC)cc2)CC1. The van der Waals surface area contributed by atoms with Gasteiger partial charge in [0.15, 0.2) is 0 Å². The Kier molecular flexibility index (Phi) is 5.26. The van der Waals surface area contributed by atoms with Gasteiger partial charge in [0.05, 0.1) is 0 Å². The maximum Gasteiger partial charge on any atom is 0.0366 e. The minimum absolute atomic E-state index is 0.183. The molecule has 1 heterocycles. The van der Waals surface area contributed by atoms with Crippen LogP contribution in [0.4, 0.5) is 5.69 Å². The highest BCUT2D eigenvalue weighted by atomic mass is 15.1. The summed E-state index contributed by atoms with van der Waals surface area (Å²) in [6.45, 7) is 6.87. The zero-order chi connectivity index (χ0) is 13.7. The highest BCUT2D eigenvalue weighted by Crippen LogP contribution is 2.25. The minimum Gasteiger partial charge on any atom is -0.372 e. The highest BCUT2D eigenvalue weighted by Gasteiger charge is 2.16. The molecule has 1 aliphatic rings. The molecule has 2 atom stereocenters. The fourth-order valence-electron chi connectivity index (χ4n) is 3.00. The van der Waals surface area contributed by atoms with Crippen molar-refractivity contribution in [1.29, 1.82) is 0 Å². The van der Waals surface area contributed by atoms with E-state index in [4.69, 9.17) is 5.73 Å². The molecular formula is C17H28N2. The van der Waals surface area contributed by atoms with E-state index < -0.39 is 0 Å². The van der Waals surface area contributed by atoms with Crippen molar-refractivity contribution in [3.63, 3.8) is 0 Å². The van der Waals surface area contributed by atoms with Crippen LogP contribution in [-0.2, 0) is 0 Å². The number of hydrogen-bond acceptors (Lipinski definition) is 2. The van der Waals surface area contributed by atoms with Gasteiger partial charge in [0.25, 0.3) is 0 Å². The van der Waals surface area contributed by atoms with Gasteiger partial charge in [-0.2, -0.15) is 0 Å². The molecule has 0 amide bonds. The molecule has 1 aromatic rings. The van der Waals surface area contributed by atoms with Crippen molar-refractivity contribution in [2.75, 3.05) is 18.0 Å². The Hall–Kier alpha value is -1.02. The number of nitrogens with zero attached hydrogens (tertiary/aromatic N) is 1. The Morgan fingerprint density at radius 1 is 1.16 bits per heavy atom. The molecule has 2 rings (SSSR count). The van der Waals surface area contributed by atoms with Gasteiger partial charge >= 0.3 is 0 Å². The lowest BCUT2D eigenvalue weighted by molar-refractivity contribution is 0.459. The van der Waals surface area contributed by atoms with E-state index in [1.807, 2.05) is 0 Å². The summed E-state index contributed by atoms with van der Waals surface area (Å²) in [5.74, 6) is 0.929. The predicted molar refractivity (Wildman–Crippen MR) is 83.5 cm³/mol. The molecular weight excluding hydrogens is 232 g/mol. The largest absolute Gasteiger partial charge is 0.372 e. The number of hydrogen-bond donors (Lipinski definition) is 1. The molecule has 2 nitrogen and oxygen atoms in total. The Morgan fingerprint density at radius 3 is 2.53 bits per heavy atom. The third kappa shape index (κ3) is 3.73. The van der Waals surface area contributed by atoms with Gasteiger partial charge in [0.1, 0.15) is 0 Å². The molecule has 2 N–H and O–H groups in total. The summed E-state index contributed by atoms with van der Waals surface area (Å²) in [5, 5.41) is 0. The van der Waals surface area contributed by atoms with E-state index in [9.17, 15) is 0 Å². The lowest BCUT2D eigenvalue weighted by Crippen LogP contribution is -2.24. The second-order valence-electron chi connectivity index (χ2n) is 5.80. The first-order chi connectivity index (χ1) is 9.24. The molecule has 19 heavy (non-hydrogen) atoms. The third-order valence-corrected chi connectivity index (χ3v) is 4.55. The van der Waals surface area contributed by atoms with Gasteiger partial charge in [-0.1, -0.05) is 32.4 Å². The van der Waals surface area contributed by atoms with Crippen LogP contribution in [0.5, 0.6) is 0 Å². The number of benzene rings is 1. The molecule has 1 aliphatic heterocycles. The average Bonchev–Trinajstić information content (AvgIpc) is 2.72. The third-order valence-electron chi connectivity index (χ3n) is 4.55. The summed E-state index contributed by atoms with van der Waals surface area (Å²) in [4.78, 5) is 2.54. The predicted octanol–water partition coefficient (Wildman–Crippen LogP) is 4.11. The van der Waals surface area contributed by atoms with Crippen molar-refractivity contribution in [3.05, 3.63) is 29.8 Å². The average molecular weight is 260 g/mol. The van der Waals surface area contributed by atoms with Crippen molar-refractivity contribution in [1.82, 2.24) is 0 Å². The van der Waals surface area contributed by atoms with E-state index in [1.165, 1.54) is 50.0 Å². The molecule has 1 saturated heterocycles. The quantitative estimate of drug-likeness (QED) is 0.882. The maximum absolute atomic E-state index is 6.07. The summed E-state index contributed by atoms with van der Waals surface area (Å²) >= 11 is 0. The lowest BCUT2D eigenvalue weighted by Gasteiger charge is -2.23. The summed E-state index contributed by atoms with van der Waals surface area (Å²) in [7, 11) is 0. The number of anilines is 1. The Morgan fingerprint density at radius 2 is 1.89 bits per heavy atom. The van der Waals surface area contributed by atoms with E-state index in [1.54, 1.807) is 0 Å². The van der Waals surface area contributed by atoms with E-state index in [-0.39, 0.29) is 6.04 Å². The van der Waals surface area contributed by atoms with Gasteiger partial charge < -0.3 is 10.6 Å². The second kappa shape index (κ2) is 6.95. The summed E-state index contributed by atoms with van der Waals surface area (Å²) in [6, 6.07) is 9.08. The van der Waals surface area contributed by atoms with Gasteiger partial charge in [-0.25, -0.2) is 0 Å². The zero-order valence-electron chi connectivity index (χ0n) is 12.4. The fraction of sp³-hybridized carbons (Fsp3) is 0.647. The smallest absolute Gasteiger partial charge is 0.0366 e. The van der Waals surface area contributed by atoms with Crippen LogP contribution in [-0.4, -0.2) is 13.1 Å². The standard InChI is InChI=1S/C17H28N2/c1-3-14-6-5-12-19(13-11-14)16-9-7-15(8-10-16)17(18)4-2/h7-10,14,17H,3-6,11-13,18H2,1-2H3/t14?,17-/m0/s1. The van der Waals surface area contributed by atoms with Gasteiger partial charge in [0.2, 0.25) is 0 Å². The highest BCUT2D eigenvalue weighted by molar-refractivity contribution is 5.48. The van der Waals surface area contributed by atoms with Gasteiger partial charge in [-0.3, -0.25) is 0 Å². The van der Waals surface area contributed by atoms with Crippen molar-refractivity contribution < 1.29 is 0 Å². The molecule has 1 fully saturated rings. The number of rotatable bonds is 4. The Labute approximate surface area is 118 Å². The summed E-state index contributed by atoms with van der Waals surface area (Å²) in [6.07, 6.45) is 6.40. The number of nitrogens with two attached hydrogens (primary N) is 1. The van der Waals surface area contributed by atoms with E-state index in [2.05, 4.69) is 43.0 Å². The van der Waals surface area contributed by atoms with Crippen LogP contribution >= 0.6 is 0 Å².